The molecule has 3 atom stereocenters. The number of phenols is 1. The van der Waals surface area contributed by atoms with Crippen LogP contribution in [-0.2, 0) is 51.7 Å². The van der Waals surface area contributed by atoms with Gasteiger partial charge in [0.2, 0.25) is 23.6 Å². The Kier molecular flexibility index (Phi) is 14.5. The van der Waals surface area contributed by atoms with E-state index in [9.17, 15) is 42.0 Å². The van der Waals surface area contributed by atoms with Crippen molar-refractivity contribution < 1.29 is 46.8 Å². The van der Waals surface area contributed by atoms with Crippen LogP contribution in [0.3, 0.4) is 0 Å². The van der Waals surface area contributed by atoms with Crippen LogP contribution in [0.15, 0.2) is 54.6 Å². The molecule has 0 spiro atoms. The van der Waals surface area contributed by atoms with Crippen molar-refractivity contribution in [3.05, 3.63) is 65.7 Å². The van der Waals surface area contributed by atoms with Crippen molar-refractivity contribution in [1.29, 1.82) is 0 Å². The fourth-order valence-corrected chi connectivity index (χ4v) is 5.29. The van der Waals surface area contributed by atoms with E-state index in [1.165, 1.54) is 32.9 Å². The van der Waals surface area contributed by atoms with E-state index in [0.29, 0.717) is 17.5 Å². The van der Waals surface area contributed by atoms with Crippen LogP contribution in [0.1, 0.15) is 58.1 Å². The molecule has 0 radical (unpaired) electrons. The molecule has 0 aromatic heterocycles. The maximum atomic E-state index is 13.6. The number of aromatic hydroxyl groups is 1. The van der Waals surface area contributed by atoms with Crippen LogP contribution in [0.5, 0.6) is 5.75 Å². The van der Waals surface area contributed by atoms with Gasteiger partial charge in [-0.15, -0.1) is 0 Å². The van der Waals surface area contributed by atoms with Crippen molar-refractivity contribution in [3.8, 4) is 5.75 Å². The third kappa shape index (κ3) is 12.6. The van der Waals surface area contributed by atoms with Gasteiger partial charge in [0.15, 0.2) is 0 Å². The number of phenolic OH excluding ortho intramolecular Hbond substituents is 1. The molecule has 4 amide bonds. The average Bonchev–Trinajstić information content (AvgIpc) is 3.00. The number of nitrogens with two attached hydrogens (primary N) is 1. The summed E-state index contributed by atoms with van der Waals surface area (Å²) in [5.41, 5.74) is 5.99. The summed E-state index contributed by atoms with van der Waals surface area (Å²) in [7, 11) is -5.29. The lowest BCUT2D eigenvalue weighted by Gasteiger charge is -2.33. The summed E-state index contributed by atoms with van der Waals surface area (Å²) < 4.78 is 41.0. The number of benzene rings is 2. The second kappa shape index (κ2) is 17.6. The number of carbonyl (C=O) groups is 5. The number of amides is 4. The average molecular weight is 692 g/mol. The van der Waals surface area contributed by atoms with Gasteiger partial charge < -0.3 is 36.8 Å². The molecule has 0 saturated carbocycles. The highest BCUT2D eigenvalue weighted by Gasteiger charge is 2.54. The first-order chi connectivity index (χ1) is 22.4. The van der Waals surface area contributed by atoms with Gasteiger partial charge in [0, 0.05) is 6.42 Å². The maximum absolute atomic E-state index is 13.6. The van der Waals surface area contributed by atoms with Gasteiger partial charge in [-0.2, -0.15) is 8.42 Å². The monoisotopic (exact) mass is 691 g/mol. The molecule has 0 heterocycles. The standard InChI is InChI=1S/C32H45N5O10S/c1-5-6-16-32(48(44,45)46,30(43)47-31(2,3)4)37-29(42)25(18-21-10-8-7-9-11-21)36-27(40)20-34-26(39)19-35-28(41)24(33)17-22-12-14-23(38)15-13-22/h7-15,24-25,38H,5-6,16-20,33H2,1-4H3,(H,34,39)(H,35,41)(H,36,40)(H,37,42)(H,44,45,46)/t24-,25-,32?/m0/s1. The zero-order valence-corrected chi connectivity index (χ0v) is 28.3. The van der Waals surface area contributed by atoms with Crippen molar-refractivity contribution in [1.82, 2.24) is 21.3 Å². The van der Waals surface area contributed by atoms with E-state index in [1.807, 2.05) is 0 Å². The van der Waals surface area contributed by atoms with Crippen molar-refractivity contribution >= 4 is 39.7 Å². The van der Waals surface area contributed by atoms with Crippen LogP contribution in [0.25, 0.3) is 0 Å². The minimum Gasteiger partial charge on any atom is -0.508 e. The molecular formula is C32H45N5O10S. The first-order valence-electron chi connectivity index (χ1n) is 15.3. The predicted octanol–water partition coefficient (Wildman–Crippen LogP) is 0.454. The molecule has 264 valence electrons. The summed E-state index contributed by atoms with van der Waals surface area (Å²) in [4.78, 5) is 61.6. The fourth-order valence-electron chi connectivity index (χ4n) is 4.41. The summed E-state index contributed by atoms with van der Waals surface area (Å²) in [6.07, 6.45) is 0.0104. The van der Waals surface area contributed by atoms with Crippen molar-refractivity contribution in [2.24, 2.45) is 5.73 Å². The van der Waals surface area contributed by atoms with Gasteiger partial charge in [-0.25, -0.2) is 4.79 Å². The largest absolute Gasteiger partial charge is 0.508 e. The second-order valence-electron chi connectivity index (χ2n) is 12.2. The van der Waals surface area contributed by atoms with Gasteiger partial charge in [0.25, 0.3) is 4.87 Å². The summed E-state index contributed by atoms with van der Waals surface area (Å²) in [5.74, 6) is -4.65. The molecule has 0 bridgehead atoms. The van der Waals surface area contributed by atoms with E-state index < -0.39 is 81.8 Å². The molecule has 0 aliphatic heterocycles. The number of ether oxygens (including phenoxy) is 1. The third-order valence-corrected chi connectivity index (χ3v) is 8.26. The highest BCUT2D eigenvalue weighted by Crippen LogP contribution is 2.26. The molecule has 48 heavy (non-hydrogen) atoms. The number of hydrogen-bond acceptors (Lipinski definition) is 10. The van der Waals surface area contributed by atoms with Crippen LogP contribution >= 0.6 is 0 Å². The van der Waals surface area contributed by atoms with Gasteiger partial charge in [-0.1, -0.05) is 55.8 Å². The Balaban J connectivity index is 2.14. The van der Waals surface area contributed by atoms with Crippen LogP contribution in [0.4, 0.5) is 0 Å². The number of unbranched alkanes of at least 4 members (excludes halogenated alkanes) is 1. The highest BCUT2D eigenvalue weighted by molar-refractivity contribution is 7.88. The summed E-state index contributed by atoms with van der Waals surface area (Å²) >= 11 is 0. The number of nitrogens with one attached hydrogen (secondary N) is 4. The van der Waals surface area contributed by atoms with E-state index in [2.05, 4.69) is 21.3 Å². The minimum atomic E-state index is -5.29. The fraction of sp³-hybridized carbons (Fsp3) is 0.469. The molecule has 0 fully saturated rings. The molecule has 15 nitrogen and oxygen atoms in total. The molecule has 2 aromatic rings. The zero-order chi connectivity index (χ0) is 36.1. The topological polar surface area (TPSA) is 243 Å². The number of hydrogen-bond donors (Lipinski definition) is 7. The maximum Gasteiger partial charge on any atom is 0.351 e. The molecule has 2 rings (SSSR count). The number of esters is 1. The van der Waals surface area contributed by atoms with Gasteiger partial charge in [-0.3, -0.25) is 23.7 Å². The van der Waals surface area contributed by atoms with Crippen molar-refractivity contribution in [2.45, 2.75) is 82.4 Å². The quantitative estimate of drug-likeness (QED) is 0.0887. The van der Waals surface area contributed by atoms with Gasteiger partial charge in [-0.05, 0) is 63.3 Å². The van der Waals surface area contributed by atoms with E-state index >= 15 is 0 Å². The van der Waals surface area contributed by atoms with Gasteiger partial charge >= 0.3 is 16.1 Å². The Morgan fingerprint density at radius 1 is 0.854 bits per heavy atom. The van der Waals surface area contributed by atoms with Crippen molar-refractivity contribution in [3.63, 3.8) is 0 Å². The SMILES string of the molecule is CCCCC(NC(=O)[C@H](Cc1ccccc1)NC(=O)CNC(=O)CNC(=O)[C@@H](N)Cc1ccc(O)cc1)(C(=O)OC(C)(C)C)S(=O)(=O)O. The van der Waals surface area contributed by atoms with E-state index in [0.717, 1.165) is 0 Å². The first-order valence-corrected chi connectivity index (χ1v) is 16.7. The van der Waals surface area contributed by atoms with Crippen LogP contribution in [0, 0.1) is 0 Å². The smallest absolute Gasteiger partial charge is 0.351 e. The second-order valence-corrected chi connectivity index (χ2v) is 13.8. The Labute approximate surface area is 280 Å². The highest BCUT2D eigenvalue weighted by atomic mass is 32.2. The van der Waals surface area contributed by atoms with Crippen LogP contribution in [-0.4, -0.2) is 83.3 Å². The summed E-state index contributed by atoms with van der Waals surface area (Å²) in [5, 5.41) is 18.6. The normalized spacial score (nSPS) is 14.0. The molecule has 2 aromatic carbocycles. The Morgan fingerprint density at radius 2 is 1.44 bits per heavy atom. The molecule has 8 N–H and O–H groups in total. The molecule has 0 aliphatic carbocycles. The number of rotatable bonds is 17. The number of carbonyl (C=O) groups excluding carboxylic acids is 5. The van der Waals surface area contributed by atoms with Crippen LogP contribution < -0.4 is 27.0 Å². The Morgan fingerprint density at radius 3 is 2.00 bits per heavy atom. The lowest BCUT2D eigenvalue weighted by molar-refractivity contribution is -0.161. The lowest BCUT2D eigenvalue weighted by Crippen LogP contribution is -2.64. The van der Waals surface area contributed by atoms with Gasteiger partial charge in [0.1, 0.15) is 17.4 Å². The Hall–Kier alpha value is -4.54. The molecule has 0 aliphatic rings. The van der Waals surface area contributed by atoms with E-state index in [4.69, 9.17) is 10.5 Å². The predicted molar refractivity (Wildman–Crippen MR) is 176 cm³/mol. The Bertz CT molecular complexity index is 1530. The summed E-state index contributed by atoms with van der Waals surface area (Å²) in [6, 6.07) is 12.1. The minimum absolute atomic E-state index is 0.0588. The third-order valence-electron chi connectivity index (χ3n) is 6.91. The molecule has 16 heteroatoms. The zero-order valence-electron chi connectivity index (χ0n) is 27.4. The first kappa shape index (κ1) is 39.6. The lowest BCUT2D eigenvalue weighted by atomic mass is 10.0. The molecule has 0 saturated heterocycles. The molecular weight excluding hydrogens is 646 g/mol. The van der Waals surface area contributed by atoms with Gasteiger partial charge in [0.05, 0.1) is 19.1 Å². The summed E-state index contributed by atoms with van der Waals surface area (Å²) in [6.45, 7) is 5.06. The van der Waals surface area contributed by atoms with Crippen molar-refractivity contribution in [2.75, 3.05) is 13.1 Å². The van der Waals surface area contributed by atoms with E-state index in [-0.39, 0.29) is 25.0 Å². The van der Waals surface area contributed by atoms with Crippen LogP contribution in [0.2, 0.25) is 0 Å². The molecule has 1 unspecified atom stereocenters. The van der Waals surface area contributed by atoms with E-state index in [1.54, 1.807) is 49.4 Å².